The number of amides is 3. The average Bonchev–Trinajstić information content (AvgIpc) is 3.38. The first-order chi connectivity index (χ1) is 22.2. The summed E-state index contributed by atoms with van der Waals surface area (Å²) in [5.41, 5.74) is 7.02. The largest absolute Gasteiger partial charge is 0.443 e. The highest BCUT2D eigenvalue weighted by Crippen LogP contribution is 2.28. The number of nitrogens with zero attached hydrogens (tertiary/aromatic N) is 7. The molecule has 15 heteroatoms. The molecule has 15 nitrogen and oxygen atoms in total. The Bertz CT molecular complexity index is 1920. The summed E-state index contributed by atoms with van der Waals surface area (Å²) in [7, 11) is 0. The Balaban J connectivity index is 1.39. The number of pyridine rings is 1. The summed E-state index contributed by atoms with van der Waals surface area (Å²) in [5.74, 6) is -0.616. The molecule has 0 aliphatic rings. The van der Waals surface area contributed by atoms with E-state index < -0.39 is 29.3 Å². The van der Waals surface area contributed by atoms with E-state index in [4.69, 9.17) is 20.0 Å². The van der Waals surface area contributed by atoms with Gasteiger partial charge in [0.05, 0.1) is 0 Å². The number of anilines is 3. The molecule has 0 radical (unpaired) electrons. The number of fused-ring (bicyclic) bond motifs is 1. The van der Waals surface area contributed by atoms with Gasteiger partial charge in [0, 0.05) is 18.1 Å². The molecule has 0 atom stereocenters. The third-order valence-corrected chi connectivity index (χ3v) is 6.13. The third kappa shape index (κ3) is 7.94. The molecular formula is C32H33N9O6. The van der Waals surface area contributed by atoms with Gasteiger partial charge in [0.15, 0.2) is 5.82 Å². The maximum Gasteiger partial charge on any atom is 0.425 e. The molecule has 5 aromatic rings. The van der Waals surface area contributed by atoms with Crippen LogP contribution in [0.4, 0.5) is 26.9 Å². The summed E-state index contributed by atoms with van der Waals surface area (Å²) in [6, 6.07) is 17.4. The number of aromatic nitrogens is 6. The second-order valence-electron chi connectivity index (χ2n) is 12.2. The first kappa shape index (κ1) is 32.3. The zero-order valence-electron chi connectivity index (χ0n) is 26.6. The summed E-state index contributed by atoms with van der Waals surface area (Å²) in [6.45, 7) is 10.2. The number of para-hydroxylation sites is 1. The van der Waals surface area contributed by atoms with Gasteiger partial charge in [-0.3, -0.25) is 4.79 Å². The number of carbonyl (C=O) groups excluding carboxylic acids is 3. The highest BCUT2D eigenvalue weighted by Gasteiger charge is 2.33. The summed E-state index contributed by atoms with van der Waals surface area (Å²) in [6.07, 6.45) is 0.872. The van der Waals surface area contributed by atoms with Crippen molar-refractivity contribution in [2.45, 2.75) is 52.7 Å². The smallest absolute Gasteiger partial charge is 0.425 e. The van der Waals surface area contributed by atoms with Gasteiger partial charge in [-0.25, -0.2) is 19.6 Å². The Labute approximate surface area is 269 Å². The van der Waals surface area contributed by atoms with Crippen molar-refractivity contribution >= 4 is 46.5 Å². The predicted molar refractivity (Wildman–Crippen MR) is 172 cm³/mol. The van der Waals surface area contributed by atoms with Crippen molar-refractivity contribution in [2.24, 2.45) is 5.73 Å². The summed E-state index contributed by atoms with van der Waals surface area (Å²) in [5, 5.41) is 11.1. The van der Waals surface area contributed by atoms with Gasteiger partial charge in [0.25, 0.3) is 5.91 Å². The number of benzene rings is 2. The molecule has 3 aromatic heterocycles. The van der Waals surface area contributed by atoms with Crippen LogP contribution < -0.4 is 20.8 Å². The number of nitrogens with two attached hydrogens (primary N) is 1. The predicted octanol–water partition coefficient (Wildman–Crippen LogP) is 5.64. The molecule has 0 aliphatic heterocycles. The molecular weight excluding hydrogens is 606 g/mol. The van der Waals surface area contributed by atoms with Crippen molar-refractivity contribution in [2.75, 3.05) is 10.2 Å². The lowest BCUT2D eigenvalue weighted by molar-refractivity contribution is 0.0428. The number of rotatable bonds is 7. The van der Waals surface area contributed by atoms with Crippen molar-refractivity contribution in [1.29, 1.82) is 0 Å². The van der Waals surface area contributed by atoms with Crippen LogP contribution in [0.15, 0.2) is 73.1 Å². The molecule has 0 aliphatic carbocycles. The number of primary amides is 1. The molecule has 0 unspecified atom stereocenters. The monoisotopic (exact) mass is 639 g/mol. The van der Waals surface area contributed by atoms with E-state index in [1.807, 2.05) is 12.1 Å². The number of hydrogen-bond acceptors (Lipinski definition) is 12. The standard InChI is InChI=1S/C32H33N9O6/c1-31(2,3)45-29(43)40(30(44)46-32(4,5)6)25-17-20(15-16-34-25)19-11-13-21(14-12-19)36-27-22(26(33)42)18-35-28(37-27)47-41-24-10-8-7-9-23(24)38-39-41/h7-18H,1-6H3,(H2,33,42)(H,35,36,37). The van der Waals surface area contributed by atoms with E-state index in [2.05, 4.69) is 30.6 Å². The SMILES string of the molecule is CC(C)(C)OC(=O)N(C(=O)OC(C)(C)C)c1cc(-c2ccc(Nc3nc(On4nnc5ccccc54)ncc3C(N)=O)cc2)ccn1. The lowest BCUT2D eigenvalue weighted by Crippen LogP contribution is -2.44. The second-order valence-corrected chi connectivity index (χ2v) is 12.2. The molecule has 0 bridgehead atoms. The fourth-order valence-electron chi connectivity index (χ4n) is 4.16. The minimum atomic E-state index is -0.925. The van der Waals surface area contributed by atoms with Crippen LogP contribution >= 0.6 is 0 Å². The van der Waals surface area contributed by atoms with Crippen molar-refractivity contribution in [3.8, 4) is 17.1 Å². The Morgan fingerprint density at radius 2 is 1.51 bits per heavy atom. The van der Waals surface area contributed by atoms with Gasteiger partial charge in [-0.2, -0.15) is 9.88 Å². The van der Waals surface area contributed by atoms with E-state index in [1.54, 1.807) is 90.1 Å². The van der Waals surface area contributed by atoms with E-state index in [0.717, 1.165) is 10.5 Å². The molecule has 0 fully saturated rings. The first-order valence-corrected chi connectivity index (χ1v) is 14.4. The molecule has 0 spiro atoms. The van der Waals surface area contributed by atoms with Crippen molar-refractivity contribution in [3.63, 3.8) is 0 Å². The number of hydrogen-bond donors (Lipinski definition) is 2. The molecule has 0 saturated carbocycles. The third-order valence-electron chi connectivity index (χ3n) is 6.13. The van der Waals surface area contributed by atoms with Gasteiger partial charge in [-0.05, 0) is 94.3 Å². The fourth-order valence-corrected chi connectivity index (χ4v) is 4.16. The number of imide groups is 1. The van der Waals surface area contributed by atoms with Crippen LogP contribution in [-0.4, -0.2) is 59.4 Å². The first-order valence-electron chi connectivity index (χ1n) is 14.4. The van der Waals surface area contributed by atoms with Gasteiger partial charge in [0.1, 0.15) is 33.6 Å². The molecule has 5 rings (SSSR count). The molecule has 3 N–H and O–H groups in total. The van der Waals surface area contributed by atoms with Crippen molar-refractivity contribution in [3.05, 3.63) is 78.6 Å². The number of carbonyl (C=O) groups is 3. The van der Waals surface area contributed by atoms with Crippen LogP contribution in [0.2, 0.25) is 0 Å². The van der Waals surface area contributed by atoms with Crippen molar-refractivity contribution in [1.82, 2.24) is 30.1 Å². The van der Waals surface area contributed by atoms with Crippen molar-refractivity contribution < 1.29 is 28.7 Å². The topological polar surface area (TPSA) is 190 Å². The Morgan fingerprint density at radius 1 is 0.851 bits per heavy atom. The molecule has 2 aromatic carbocycles. The van der Waals surface area contributed by atoms with Crippen LogP contribution in [-0.2, 0) is 9.47 Å². The second kappa shape index (κ2) is 12.7. The van der Waals surface area contributed by atoms with E-state index in [-0.39, 0.29) is 23.2 Å². The quantitative estimate of drug-likeness (QED) is 0.223. The maximum atomic E-state index is 13.1. The summed E-state index contributed by atoms with van der Waals surface area (Å²) in [4.78, 5) is 58.6. The highest BCUT2D eigenvalue weighted by atomic mass is 16.7. The number of ether oxygens (including phenoxy) is 2. The summed E-state index contributed by atoms with van der Waals surface area (Å²) >= 11 is 0. The highest BCUT2D eigenvalue weighted by molar-refractivity contribution is 6.09. The number of nitrogens with one attached hydrogen (secondary N) is 1. The van der Waals surface area contributed by atoms with Crippen LogP contribution in [0.5, 0.6) is 6.01 Å². The van der Waals surface area contributed by atoms with E-state index in [0.29, 0.717) is 22.3 Å². The lowest BCUT2D eigenvalue weighted by Gasteiger charge is -2.28. The molecule has 242 valence electrons. The lowest BCUT2D eigenvalue weighted by atomic mass is 10.1. The Hall–Kier alpha value is -6.12. The zero-order chi connectivity index (χ0) is 33.9. The minimum absolute atomic E-state index is 0.0213. The van der Waals surface area contributed by atoms with Crippen LogP contribution in [0.25, 0.3) is 22.2 Å². The summed E-state index contributed by atoms with van der Waals surface area (Å²) < 4.78 is 10.9. The molecule has 0 saturated heterocycles. The van der Waals surface area contributed by atoms with Crippen LogP contribution in [0, 0.1) is 0 Å². The van der Waals surface area contributed by atoms with Gasteiger partial charge in [0.2, 0.25) is 0 Å². The normalized spacial score (nSPS) is 11.5. The average molecular weight is 640 g/mol. The Kier molecular flexibility index (Phi) is 8.73. The van der Waals surface area contributed by atoms with E-state index in [1.165, 1.54) is 17.2 Å². The molecule has 47 heavy (non-hydrogen) atoms. The van der Waals surface area contributed by atoms with Gasteiger partial charge >= 0.3 is 18.2 Å². The Morgan fingerprint density at radius 3 is 2.15 bits per heavy atom. The fraction of sp³-hybridized carbons (Fsp3) is 0.250. The van der Waals surface area contributed by atoms with E-state index >= 15 is 0 Å². The molecule has 3 amide bonds. The zero-order valence-corrected chi connectivity index (χ0v) is 26.6. The van der Waals surface area contributed by atoms with Crippen LogP contribution in [0.3, 0.4) is 0 Å². The minimum Gasteiger partial charge on any atom is -0.443 e. The maximum absolute atomic E-state index is 13.1. The van der Waals surface area contributed by atoms with Gasteiger partial charge in [-0.15, -0.1) is 5.10 Å². The molecule has 3 heterocycles. The van der Waals surface area contributed by atoms with E-state index in [9.17, 15) is 14.4 Å². The van der Waals surface area contributed by atoms with Gasteiger partial charge in [-0.1, -0.05) is 29.1 Å². The van der Waals surface area contributed by atoms with Gasteiger partial charge < -0.3 is 25.4 Å². The van der Waals surface area contributed by atoms with Crippen LogP contribution in [0.1, 0.15) is 51.9 Å².